The molecule has 0 amide bonds. The normalized spacial score (nSPS) is 21.2. The second-order valence-electron chi connectivity index (χ2n) is 8.52. The van der Waals surface area contributed by atoms with Gasteiger partial charge in [0.2, 0.25) is 0 Å². The first kappa shape index (κ1) is 22.2. The number of benzene rings is 2. The highest BCUT2D eigenvalue weighted by Crippen LogP contribution is 2.45. The Morgan fingerprint density at radius 1 is 1.15 bits per heavy atom. The number of halogens is 1. The quantitative estimate of drug-likeness (QED) is 0.541. The molecule has 33 heavy (non-hydrogen) atoms. The predicted molar refractivity (Wildman–Crippen MR) is 125 cm³/mol. The van der Waals surface area contributed by atoms with E-state index in [0.29, 0.717) is 26.1 Å². The highest BCUT2D eigenvalue weighted by molar-refractivity contribution is 7.82. The lowest BCUT2D eigenvalue weighted by atomic mass is 9.69. The van der Waals surface area contributed by atoms with E-state index < -0.39 is 11.0 Å². The zero-order valence-corrected chi connectivity index (χ0v) is 19.0. The first-order chi connectivity index (χ1) is 16.1. The van der Waals surface area contributed by atoms with Crippen LogP contribution in [0.5, 0.6) is 0 Å². The lowest BCUT2D eigenvalue weighted by Gasteiger charge is -2.45. The fourth-order valence-corrected chi connectivity index (χ4v) is 6.08. The Morgan fingerprint density at radius 3 is 2.70 bits per heavy atom. The monoisotopic (exact) mass is 467 g/mol. The predicted octanol–water partition coefficient (Wildman–Crippen LogP) is 3.37. The number of fused-ring (bicyclic) bond motifs is 2. The van der Waals surface area contributed by atoms with Gasteiger partial charge in [-0.15, -0.1) is 0 Å². The second-order valence-corrected chi connectivity index (χ2v) is 10.0. The van der Waals surface area contributed by atoms with Crippen molar-refractivity contribution in [1.29, 1.82) is 0 Å². The third-order valence-corrected chi connectivity index (χ3v) is 7.84. The topological polar surface area (TPSA) is 67.6 Å². The molecule has 1 N–H and O–H groups in total. The third-order valence-electron chi connectivity index (χ3n) is 6.38. The number of aliphatic hydroxyl groups is 1. The van der Waals surface area contributed by atoms with E-state index in [1.807, 2.05) is 45.5 Å². The smallest absolute Gasteiger partial charge is 0.127 e. The maximum atomic E-state index is 13.4. The number of nitrogens with zero attached hydrogens (tertiary/aromatic N) is 3. The van der Waals surface area contributed by atoms with Crippen LogP contribution in [0.15, 0.2) is 71.3 Å². The zero-order chi connectivity index (χ0) is 22.8. The molecule has 1 fully saturated rings. The number of aromatic nitrogens is 2. The summed E-state index contributed by atoms with van der Waals surface area (Å²) in [7, 11) is -1.26. The Bertz CT molecular complexity index is 1180. The summed E-state index contributed by atoms with van der Waals surface area (Å²) in [6.45, 7) is 1.92. The summed E-state index contributed by atoms with van der Waals surface area (Å²) in [6.07, 6.45) is 5.48. The van der Waals surface area contributed by atoms with Gasteiger partial charge < -0.3 is 9.84 Å². The van der Waals surface area contributed by atoms with E-state index in [1.165, 1.54) is 17.7 Å². The highest BCUT2D eigenvalue weighted by atomic mass is 32.2. The van der Waals surface area contributed by atoms with Gasteiger partial charge in [-0.1, -0.05) is 23.8 Å². The van der Waals surface area contributed by atoms with Crippen molar-refractivity contribution in [3.05, 3.63) is 83.4 Å². The average Bonchev–Trinajstić information content (AvgIpc) is 3.25. The van der Waals surface area contributed by atoms with Crippen LogP contribution in [-0.4, -0.2) is 56.3 Å². The molecule has 1 unspecified atom stereocenters. The van der Waals surface area contributed by atoms with Crippen molar-refractivity contribution < 1.29 is 18.4 Å². The SMILES string of the molecule is O=S(c1ccccc1)N1CCC2=Cc3c(cnn3-c3ccc(F)cc3)C[C@]2(COCCO)C1. The zero-order valence-electron chi connectivity index (χ0n) is 18.2. The fourth-order valence-electron chi connectivity index (χ4n) is 4.77. The minimum atomic E-state index is -1.26. The maximum Gasteiger partial charge on any atom is 0.127 e. The Labute approximate surface area is 194 Å². The molecule has 3 aromatic rings. The second kappa shape index (κ2) is 9.30. The highest BCUT2D eigenvalue weighted by Gasteiger charge is 2.44. The van der Waals surface area contributed by atoms with Gasteiger partial charge in [0.15, 0.2) is 0 Å². The summed E-state index contributed by atoms with van der Waals surface area (Å²) in [6, 6.07) is 15.8. The summed E-state index contributed by atoms with van der Waals surface area (Å²) in [4.78, 5) is 0.789. The van der Waals surface area contributed by atoms with Gasteiger partial charge in [-0.3, -0.25) is 0 Å². The van der Waals surface area contributed by atoms with Crippen molar-refractivity contribution in [2.75, 3.05) is 32.9 Å². The summed E-state index contributed by atoms with van der Waals surface area (Å²) < 4.78 is 36.4. The first-order valence-electron chi connectivity index (χ1n) is 11.0. The van der Waals surface area contributed by atoms with E-state index >= 15 is 0 Å². The van der Waals surface area contributed by atoms with Gasteiger partial charge in [0.25, 0.3) is 0 Å². The lowest BCUT2D eigenvalue weighted by molar-refractivity contribution is 0.0242. The molecule has 0 spiro atoms. The van der Waals surface area contributed by atoms with Crippen LogP contribution < -0.4 is 0 Å². The van der Waals surface area contributed by atoms with Crippen molar-refractivity contribution in [1.82, 2.24) is 14.1 Å². The minimum absolute atomic E-state index is 0.0391. The van der Waals surface area contributed by atoms with E-state index in [0.717, 1.165) is 28.3 Å². The van der Waals surface area contributed by atoms with Crippen molar-refractivity contribution >= 4 is 17.1 Å². The minimum Gasteiger partial charge on any atom is -0.394 e. The molecule has 1 aliphatic heterocycles. The van der Waals surface area contributed by atoms with Crippen LogP contribution >= 0.6 is 0 Å². The van der Waals surface area contributed by atoms with Gasteiger partial charge in [-0.05, 0) is 60.9 Å². The molecule has 0 radical (unpaired) electrons. The van der Waals surface area contributed by atoms with Gasteiger partial charge in [-0.2, -0.15) is 5.10 Å². The Hall–Kier alpha value is -2.65. The first-order valence-corrected chi connectivity index (χ1v) is 12.1. The van der Waals surface area contributed by atoms with E-state index in [1.54, 1.807) is 12.1 Å². The van der Waals surface area contributed by atoms with Crippen molar-refractivity contribution in [2.24, 2.45) is 5.41 Å². The molecule has 2 aromatic carbocycles. The molecule has 8 heteroatoms. The van der Waals surface area contributed by atoms with Crippen LogP contribution in [0.2, 0.25) is 0 Å². The molecule has 1 aliphatic carbocycles. The van der Waals surface area contributed by atoms with E-state index in [-0.39, 0.29) is 24.4 Å². The standard InChI is InChI=1S/C25H26FN3O3S/c26-21-6-8-22(9-7-21)29-24-14-20-10-11-28(33(31)23-4-2-1-3-5-23)17-25(20,18-32-13-12-30)15-19(24)16-27-29/h1-9,14,16,30H,10-13,15,17-18H2/t25-,33?/m1/s1. The Balaban J connectivity index is 1.48. The fraction of sp³-hybridized carbons (Fsp3) is 0.320. The largest absolute Gasteiger partial charge is 0.394 e. The number of piperidine rings is 1. The van der Waals surface area contributed by atoms with E-state index in [2.05, 4.69) is 11.2 Å². The van der Waals surface area contributed by atoms with Gasteiger partial charge in [0.05, 0.1) is 42.3 Å². The van der Waals surface area contributed by atoms with Crippen LogP contribution in [0.25, 0.3) is 11.8 Å². The number of hydrogen-bond donors (Lipinski definition) is 1. The molecule has 2 aliphatic rings. The van der Waals surface area contributed by atoms with Crippen LogP contribution in [0, 0.1) is 11.2 Å². The molecule has 6 nitrogen and oxygen atoms in total. The van der Waals surface area contributed by atoms with Crippen LogP contribution in [0.3, 0.4) is 0 Å². The summed E-state index contributed by atoms with van der Waals surface area (Å²) in [5.41, 5.74) is 3.76. The van der Waals surface area contributed by atoms with Gasteiger partial charge in [0, 0.05) is 18.5 Å². The number of rotatable bonds is 7. The molecule has 0 bridgehead atoms. The molecule has 1 saturated heterocycles. The molecule has 1 aromatic heterocycles. The Morgan fingerprint density at radius 2 is 1.94 bits per heavy atom. The van der Waals surface area contributed by atoms with Crippen molar-refractivity contribution in [3.8, 4) is 5.69 Å². The lowest BCUT2D eigenvalue weighted by Crippen LogP contribution is -2.50. The maximum absolute atomic E-state index is 13.4. The third kappa shape index (κ3) is 4.31. The Kier molecular flexibility index (Phi) is 6.25. The molecular weight excluding hydrogens is 441 g/mol. The summed E-state index contributed by atoms with van der Waals surface area (Å²) in [5, 5.41) is 13.8. The van der Waals surface area contributed by atoms with Gasteiger partial charge in [-0.25, -0.2) is 17.6 Å². The molecular formula is C25H26FN3O3S. The number of hydrogen-bond acceptors (Lipinski definition) is 4. The molecule has 0 saturated carbocycles. The number of aliphatic hydroxyl groups excluding tert-OH is 1. The van der Waals surface area contributed by atoms with Gasteiger partial charge >= 0.3 is 0 Å². The van der Waals surface area contributed by atoms with Crippen molar-refractivity contribution in [2.45, 2.75) is 17.7 Å². The van der Waals surface area contributed by atoms with E-state index in [4.69, 9.17) is 4.74 Å². The molecule has 172 valence electrons. The van der Waals surface area contributed by atoms with E-state index in [9.17, 15) is 13.7 Å². The summed E-state index contributed by atoms with van der Waals surface area (Å²) in [5.74, 6) is -0.281. The van der Waals surface area contributed by atoms with Crippen molar-refractivity contribution in [3.63, 3.8) is 0 Å². The van der Waals surface area contributed by atoms with Gasteiger partial charge in [0.1, 0.15) is 16.8 Å². The molecule has 5 rings (SSSR count). The van der Waals surface area contributed by atoms with Crippen LogP contribution in [-0.2, 0) is 22.1 Å². The number of ether oxygens (including phenoxy) is 1. The van der Waals surface area contributed by atoms with Crippen LogP contribution in [0.4, 0.5) is 4.39 Å². The van der Waals surface area contributed by atoms with Crippen LogP contribution in [0.1, 0.15) is 17.7 Å². The summed E-state index contributed by atoms with van der Waals surface area (Å²) >= 11 is 0. The molecule has 2 atom stereocenters. The average molecular weight is 468 g/mol. The molecule has 2 heterocycles.